The van der Waals surface area contributed by atoms with Crippen molar-refractivity contribution in [2.75, 3.05) is 27.5 Å². The first-order valence-corrected chi connectivity index (χ1v) is 16.2. The number of piperazine rings is 1. The molecule has 0 aromatic heterocycles. The minimum atomic E-state index is -0.663. The van der Waals surface area contributed by atoms with Crippen molar-refractivity contribution in [2.45, 2.75) is 78.2 Å². The third kappa shape index (κ3) is 4.43. The Morgan fingerprint density at radius 3 is 2.29 bits per heavy atom. The molecule has 0 saturated carbocycles. The van der Waals surface area contributed by atoms with Crippen molar-refractivity contribution in [3.05, 3.63) is 80.4 Å². The summed E-state index contributed by atoms with van der Waals surface area (Å²) in [5, 5.41) is 11.0. The highest BCUT2D eigenvalue weighted by molar-refractivity contribution is 6.21. The fourth-order valence-electron chi connectivity index (χ4n) is 9.20. The lowest BCUT2D eigenvalue weighted by molar-refractivity contribution is -0.132. The molecule has 1 saturated heterocycles. The summed E-state index contributed by atoms with van der Waals surface area (Å²) in [6.45, 7) is 7.27. The van der Waals surface area contributed by atoms with Gasteiger partial charge in [0, 0.05) is 42.2 Å². The Morgan fingerprint density at radius 1 is 0.980 bits per heavy atom. The Hall–Kier alpha value is -4.92. The van der Waals surface area contributed by atoms with Crippen LogP contribution in [-0.4, -0.2) is 78.1 Å². The highest BCUT2D eigenvalue weighted by Gasteiger charge is 2.57. The molecule has 0 radical (unpaired) electrons. The van der Waals surface area contributed by atoms with Gasteiger partial charge in [0.05, 0.1) is 36.4 Å². The van der Waals surface area contributed by atoms with Gasteiger partial charge in [0.2, 0.25) is 6.79 Å². The van der Waals surface area contributed by atoms with Gasteiger partial charge in [-0.3, -0.25) is 29.1 Å². The van der Waals surface area contributed by atoms with Crippen molar-refractivity contribution in [2.24, 2.45) is 0 Å². The van der Waals surface area contributed by atoms with Crippen molar-refractivity contribution in [3.8, 4) is 29.1 Å². The first-order valence-electron chi connectivity index (χ1n) is 16.2. The molecule has 49 heavy (non-hydrogen) atoms. The molecule has 5 heterocycles. The molecule has 0 spiro atoms. The van der Waals surface area contributed by atoms with E-state index in [-0.39, 0.29) is 50.7 Å². The van der Waals surface area contributed by atoms with Gasteiger partial charge in [-0.25, -0.2) is 0 Å². The number of methoxy groups -OCH3 is 1. The monoisotopic (exact) mass is 664 g/mol. The number of hydrogen-bond donors (Lipinski definition) is 0. The highest BCUT2D eigenvalue weighted by atomic mass is 16.7. The SMILES string of the molecule is C.COc1c(C)cc2c(c1C)[C@@H]1[C@@H]3Cc4c(OC(C)=O)c(C)c5c(c4[C@H](CN4C(=O)c6ccccc6C4=O)N3[C@@H](C#N)[C@H](C2)N1C)OCO5. The van der Waals surface area contributed by atoms with Crippen LogP contribution in [0.3, 0.4) is 0 Å². The average molecular weight is 665 g/mol. The average Bonchev–Trinajstić information content (AvgIpc) is 3.64. The Morgan fingerprint density at radius 2 is 1.65 bits per heavy atom. The molecule has 254 valence electrons. The lowest BCUT2D eigenvalue weighted by Crippen LogP contribution is -2.69. The number of aryl methyl sites for hydroxylation is 1. The van der Waals surface area contributed by atoms with Crippen LogP contribution in [0.25, 0.3) is 0 Å². The molecule has 2 amide bonds. The predicted molar refractivity (Wildman–Crippen MR) is 179 cm³/mol. The number of hydrogen-bond acceptors (Lipinski definition) is 10. The summed E-state index contributed by atoms with van der Waals surface area (Å²) in [6, 6.07) is 9.72. The van der Waals surface area contributed by atoms with Crippen molar-refractivity contribution in [3.63, 3.8) is 0 Å². The zero-order valence-electron chi connectivity index (χ0n) is 27.7. The number of carbonyl (C=O) groups excluding carboxylic acids is 3. The molecule has 5 aliphatic heterocycles. The largest absolute Gasteiger partial charge is 0.496 e. The third-order valence-electron chi connectivity index (χ3n) is 11.0. The van der Waals surface area contributed by atoms with Crippen molar-refractivity contribution < 1.29 is 33.3 Å². The Bertz CT molecular complexity index is 1970. The molecule has 8 rings (SSSR count). The first kappa shape index (κ1) is 32.6. The number of fused-ring (bicyclic) bond motifs is 10. The topological polar surface area (TPSA) is 122 Å². The zero-order valence-corrected chi connectivity index (χ0v) is 27.7. The number of nitrogens with zero attached hydrogens (tertiary/aromatic N) is 4. The van der Waals surface area contributed by atoms with Crippen LogP contribution < -0.4 is 18.9 Å². The molecule has 11 nitrogen and oxygen atoms in total. The van der Waals surface area contributed by atoms with E-state index in [0.29, 0.717) is 52.3 Å². The van der Waals surface area contributed by atoms with Crippen LogP contribution in [0.5, 0.6) is 23.0 Å². The predicted octanol–water partition coefficient (Wildman–Crippen LogP) is 4.98. The Kier molecular flexibility index (Phi) is 7.72. The molecule has 0 unspecified atom stereocenters. The zero-order chi connectivity index (χ0) is 33.8. The molecule has 0 aliphatic carbocycles. The van der Waals surface area contributed by atoms with E-state index in [9.17, 15) is 19.6 Å². The quantitative estimate of drug-likeness (QED) is 0.215. The van der Waals surface area contributed by atoms with E-state index >= 15 is 0 Å². The lowest BCUT2D eigenvalue weighted by Gasteiger charge is -2.60. The number of benzene rings is 3. The number of amides is 2. The second-order valence-electron chi connectivity index (χ2n) is 13.4. The first-order chi connectivity index (χ1) is 23.1. The Labute approximate surface area is 285 Å². The number of carbonyl (C=O) groups is 3. The maximum Gasteiger partial charge on any atom is 0.308 e. The fourth-order valence-corrected chi connectivity index (χ4v) is 9.20. The summed E-state index contributed by atoms with van der Waals surface area (Å²) in [4.78, 5) is 46.0. The summed E-state index contributed by atoms with van der Waals surface area (Å²) >= 11 is 0. The van der Waals surface area contributed by atoms with Gasteiger partial charge >= 0.3 is 5.97 Å². The van der Waals surface area contributed by atoms with Crippen molar-refractivity contribution in [1.82, 2.24) is 14.7 Å². The molecule has 11 heteroatoms. The van der Waals surface area contributed by atoms with Gasteiger partial charge in [-0.15, -0.1) is 0 Å². The molecule has 5 aliphatic rings. The van der Waals surface area contributed by atoms with Crippen LogP contribution in [0.15, 0.2) is 30.3 Å². The van der Waals surface area contributed by atoms with Gasteiger partial charge < -0.3 is 18.9 Å². The molecule has 0 N–H and O–H groups in total. The van der Waals surface area contributed by atoms with Crippen molar-refractivity contribution in [1.29, 1.82) is 5.26 Å². The van der Waals surface area contributed by atoms with E-state index in [4.69, 9.17) is 18.9 Å². The van der Waals surface area contributed by atoms with E-state index in [1.807, 2.05) is 13.8 Å². The molecule has 1 fully saturated rings. The normalized spacial score (nSPS) is 24.7. The molecule has 3 aromatic carbocycles. The Balaban J connectivity index is 0.00000378. The van der Waals surface area contributed by atoms with E-state index < -0.39 is 18.1 Å². The molecule has 2 bridgehead atoms. The number of esters is 1. The summed E-state index contributed by atoms with van der Waals surface area (Å²) in [7, 11) is 3.75. The van der Waals surface area contributed by atoms with E-state index in [0.717, 1.165) is 28.0 Å². The number of imide groups is 1. The van der Waals surface area contributed by atoms with Crippen LogP contribution in [0.1, 0.15) is 86.1 Å². The van der Waals surface area contributed by atoms with Gasteiger partial charge in [0.15, 0.2) is 11.5 Å². The fraction of sp³-hybridized carbons (Fsp3) is 0.421. The standard InChI is InChI=1S/C37H36N4O7.CH4/c1-17-11-21-12-25-27(14-38)41-26(31(39(25)5)29(21)18(2)32(17)45-6)13-24-30(35-34(46-16-47-35)19(3)33(24)48-20(4)42)28(41)15-40-36(43)22-9-7-8-10-23(22)37(40)44;/h7-11,25-28,31H,12-13,15-16H2,1-6H3;1H4/t25-,26-,27-,28-,31-;/m0./s1. The van der Waals surface area contributed by atoms with Crippen LogP contribution >= 0.6 is 0 Å². The highest BCUT2D eigenvalue weighted by Crippen LogP contribution is 2.58. The minimum Gasteiger partial charge on any atom is -0.496 e. The molecule has 5 atom stereocenters. The van der Waals surface area contributed by atoms with Crippen LogP contribution in [0, 0.1) is 32.1 Å². The van der Waals surface area contributed by atoms with Gasteiger partial charge in [0.25, 0.3) is 11.8 Å². The summed E-state index contributed by atoms with van der Waals surface area (Å²) in [6.07, 6.45) is 1.06. The molecular weight excluding hydrogens is 624 g/mol. The summed E-state index contributed by atoms with van der Waals surface area (Å²) in [5.74, 6) is 0.921. The smallest absolute Gasteiger partial charge is 0.308 e. The second kappa shape index (κ2) is 11.6. The third-order valence-corrected chi connectivity index (χ3v) is 11.0. The number of likely N-dealkylation sites (N-methyl/N-ethyl adjacent to an activating group) is 1. The van der Waals surface area contributed by atoms with Gasteiger partial charge in [0.1, 0.15) is 17.5 Å². The van der Waals surface area contributed by atoms with Crippen LogP contribution in [0.4, 0.5) is 0 Å². The number of ether oxygens (including phenoxy) is 4. The van der Waals surface area contributed by atoms with Crippen LogP contribution in [0.2, 0.25) is 0 Å². The van der Waals surface area contributed by atoms with Gasteiger partial charge in [-0.05, 0) is 75.0 Å². The summed E-state index contributed by atoms with van der Waals surface area (Å²) in [5.41, 5.74) is 7.19. The maximum atomic E-state index is 13.8. The maximum absolute atomic E-state index is 13.8. The van der Waals surface area contributed by atoms with Gasteiger partial charge in [-0.1, -0.05) is 25.6 Å². The lowest BCUT2D eigenvalue weighted by atomic mass is 9.71. The molecular formula is C38H40N4O7. The van der Waals surface area contributed by atoms with E-state index in [1.54, 1.807) is 31.4 Å². The minimum absolute atomic E-state index is 0. The number of rotatable bonds is 4. The van der Waals surface area contributed by atoms with E-state index in [1.165, 1.54) is 17.4 Å². The van der Waals surface area contributed by atoms with Gasteiger partial charge in [-0.2, -0.15) is 5.26 Å². The van der Waals surface area contributed by atoms with Crippen LogP contribution in [-0.2, 0) is 17.6 Å². The second-order valence-corrected chi connectivity index (χ2v) is 13.4. The molecule has 3 aromatic rings. The van der Waals surface area contributed by atoms with Crippen molar-refractivity contribution >= 4 is 17.8 Å². The summed E-state index contributed by atoms with van der Waals surface area (Å²) < 4.78 is 23.9. The van der Waals surface area contributed by atoms with E-state index in [2.05, 4.69) is 35.9 Å². The number of nitriles is 1.